The Morgan fingerprint density at radius 2 is 1.47 bits per heavy atom. The van der Waals surface area contributed by atoms with E-state index < -0.39 is 0 Å². The van der Waals surface area contributed by atoms with Crippen LogP contribution in [0, 0.1) is 12.3 Å². The second-order valence-corrected chi connectivity index (χ2v) is 6.70. The van der Waals surface area contributed by atoms with Gasteiger partial charge in [0.25, 0.3) is 0 Å². The summed E-state index contributed by atoms with van der Waals surface area (Å²) < 4.78 is 0. The van der Waals surface area contributed by atoms with Crippen LogP contribution in [-0.4, -0.2) is 0 Å². The van der Waals surface area contributed by atoms with Crippen LogP contribution in [0.15, 0.2) is 48.5 Å². The van der Waals surface area contributed by atoms with E-state index in [2.05, 4.69) is 64.1 Å². The van der Waals surface area contributed by atoms with Gasteiger partial charge in [-0.15, -0.1) is 0 Å². The summed E-state index contributed by atoms with van der Waals surface area (Å²) in [6, 6.07) is 17.0. The Balaban J connectivity index is 2.54. The smallest absolute Gasteiger partial charge is 0.0408 e. The van der Waals surface area contributed by atoms with E-state index in [1.54, 1.807) is 0 Å². The molecule has 0 N–H and O–H groups in total. The molecule has 1 heteroatoms. The number of hydrogen-bond donors (Lipinski definition) is 0. The number of hydrogen-bond acceptors (Lipinski definition) is 0. The third-order valence-electron chi connectivity index (χ3n) is 3.42. The highest BCUT2D eigenvalue weighted by Gasteiger charge is 2.27. The molecule has 0 bridgehead atoms. The zero-order chi connectivity index (χ0) is 14.0. The molecule has 0 amide bonds. The van der Waals surface area contributed by atoms with Crippen LogP contribution < -0.4 is 0 Å². The molecule has 0 radical (unpaired) electrons. The molecule has 0 heterocycles. The van der Waals surface area contributed by atoms with E-state index >= 15 is 0 Å². The summed E-state index contributed by atoms with van der Waals surface area (Å²) in [7, 11) is 0. The van der Waals surface area contributed by atoms with Crippen LogP contribution in [-0.2, 0) is 0 Å². The second kappa shape index (κ2) is 5.38. The Morgan fingerprint density at radius 3 is 2.00 bits per heavy atom. The van der Waals surface area contributed by atoms with Gasteiger partial charge in [0.05, 0.1) is 0 Å². The molecule has 0 saturated carbocycles. The molecule has 2 aromatic carbocycles. The van der Waals surface area contributed by atoms with Crippen molar-refractivity contribution in [2.75, 3.05) is 0 Å². The standard InChI is InChI=1S/C18H21Cl/c1-13-7-5-8-14(11-13)17(18(2,3)4)15-9-6-10-16(19)12-15/h5-12,17H,1-4H3. The summed E-state index contributed by atoms with van der Waals surface area (Å²) in [4.78, 5) is 0. The molecule has 0 spiro atoms. The minimum atomic E-state index is 0.151. The van der Waals surface area contributed by atoms with E-state index in [9.17, 15) is 0 Å². The van der Waals surface area contributed by atoms with Crippen molar-refractivity contribution in [3.63, 3.8) is 0 Å². The maximum absolute atomic E-state index is 6.16. The quantitative estimate of drug-likeness (QED) is 0.645. The molecule has 0 aliphatic carbocycles. The molecule has 1 atom stereocenters. The van der Waals surface area contributed by atoms with E-state index in [1.165, 1.54) is 16.7 Å². The Hall–Kier alpha value is -1.27. The first-order valence-corrected chi connectivity index (χ1v) is 7.08. The van der Waals surface area contributed by atoms with Gasteiger partial charge in [-0.05, 0) is 35.6 Å². The summed E-state index contributed by atoms with van der Waals surface area (Å²) >= 11 is 6.16. The predicted octanol–water partition coefficient (Wildman–Crippen LogP) is 5.83. The lowest BCUT2D eigenvalue weighted by Crippen LogP contribution is -2.19. The maximum atomic E-state index is 6.16. The topological polar surface area (TPSA) is 0 Å². The second-order valence-electron chi connectivity index (χ2n) is 6.27. The third kappa shape index (κ3) is 3.39. The fraction of sp³-hybridized carbons (Fsp3) is 0.333. The van der Waals surface area contributed by atoms with Gasteiger partial charge in [-0.25, -0.2) is 0 Å². The lowest BCUT2D eigenvalue weighted by Gasteiger charge is -2.32. The van der Waals surface area contributed by atoms with Gasteiger partial charge >= 0.3 is 0 Å². The van der Waals surface area contributed by atoms with Crippen molar-refractivity contribution in [3.05, 3.63) is 70.2 Å². The zero-order valence-corrected chi connectivity index (χ0v) is 12.8. The van der Waals surface area contributed by atoms with Gasteiger partial charge in [0.1, 0.15) is 0 Å². The minimum absolute atomic E-state index is 0.151. The first-order valence-electron chi connectivity index (χ1n) is 6.70. The number of benzene rings is 2. The summed E-state index contributed by atoms with van der Waals surface area (Å²) in [5.74, 6) is 0.353. The van der Waals surface area contributed by atoms with Crippen LogP contribution in [0.5, 0.6) is 0 Å². The van der Waals surface area contributed by atoms with Gasteiger partial charge in [-0.1, -0.05) is 74.3 Å². The Bertz CT molecular complexity index is 518. The van der Waals surface area contributed by atoms with Crippen LogP contribution in [0.4, 0.5) is 0 Å². The van der Waals surface area contributed by atoms with Crippen molar-refractivity contribution in [3.8, 4) is 0 Å². The Morgan fingerprint density at radius 1 is 0.895 bits per heavy atom. The molecule has 100 valence electrons. The normalized spacial score (nSPS) is 13.3. The van der Waals surface area contributed by atoms with E-state index in [4.69, 9.17) is 11.6 Å². The monoisotopic (exact) mass is 272 g/mol. The largest absolute Gasteiger partial charge is 0.0843 e. The first-order chi connectivity index (χ1) is 8.88. The summed E-state index contributed by atoms with van der Waals surface area (Å²) in [5.41, 5.74) is 4.09. The van der Waals surface area contributed by atoms with Crippen molar-refractivity contribution in [2.45, 2.75) is 33.6 Å². The third-order valence-corrected chi connectivity index (χ3v) is 3.66. The zero-order valence-electron chi connectivity index (χ0n) is 12.1. The average Bonchev–Trinajstić information content (AvgIpc) is 2.27. The van der Waals surface area contributed by atoms with Gasteiger partial charge in [0, 0.05) is 10.9 Å². The van der Waals surface area contributed by atoms with E-state index in [0.29, 0.717) is 5.92 Å². The van der Waals surface area contributed by atoms with Gasteiger partial charge in [-0.2, -0.15) is 0 Å². The van der Waals surface area contributed by atoms with Gasteiger partial charge in [-0.3, -0.25) is 0 Å². The van der Waals surface area contributed by atoms with Gasteiger partial charge in [0.2, 0.25) is 0 Å². The summed E-state index contributed by atoms with van der Waals surface area (Å²) in [6.07, 6.45) is 0. The molecule has 0 fully saturated rings. The number of halogens is 1. The molecule has 0 aromatic heterocycles. The average molecular weight is 273 g/mol. The van der Waals surface area contributed by atoms with Crippen molar-refractivity contribution in [1.29, 1.82) is 0 Å². The van der Waals surface area contributed by atoms with Crippen LogP contribution in [0.1, 0.15) is 43.4 Å². The number of aryl methyl sites for hydroxylation is 1. The first kappa shape index (κ1) is 14.1. The molecule has 0 aliphatic heterocycles. The molecule has 0 nitrogen and oxygen atoms in total. The fourth-order valence-corrected chi connectivity index (χ4v) is 2.93. The molecule has 2 rings (SSSR count). The lowest BCUT2D eigenvalue weighted by atomic mass is 9.72. The van der Waals surface area contributed by atoms with Crippen LogP contribution >= 0.6 is 11.6 Å². The van der Waals surface area contributed by atoms with Gasteiger partial charge in [0.15, 0.2) is 0 Å². The highest BCUT2D eigenvalue weighted by molar-refractivity contribution is 6.30. The molecular weight excluding hydrogens is 252 g/mol. The van der Waals surface area contributed by atoms with Crippen LogP contribution in [0.3, 0.4) is 0 Å². The number of rotatable bonds is 2. The van der Waals surface area contributed by atoms with E-state index in [1.807, 2.05) is 12.1 Å². The summed E-state index contributed by atoms with van der Waals surface area (Å²) in [6.45, 7) is 8.98. The lowest BCUT2D eigenvalue weighted by molar-refractivity contribution is 0.358. The SMILES string of the molecule is Cc1cccc(C(c2cccc(Cl)c2)C(C)(C)C)c1. The van der Waals surface area contributed by atoms with Gasteiger partial charge < -0.3 is 0 Å². The molecule has 1 unspecified atom stereocenters. The predicted molar refractivity (Wildman–Crippen MR) is 83.9 cm³/mol. The minimum Gasteiger partial charge on any atom is -0.0843 e. The maximum Gasteiger partial charge on any atom is 0.0408 e. The Labute approximate surface area is 121 Å². The van der Waals surface area contributed by atoms with Crippen molar-refractivity contribution in [2.24, 2.45) is 5.41 Å². The molecular formula is C18H21Cl. The van der Waals surface area contributed by atoms with E-state index in [-0.39, 0.29) is 5.41 Å². The highest BCUT2D eigenvalue weighted by atomic mass is 35.5. The summed E-state index contributed by atoms with van der Waals surface area (Å²) in [5, 5.41) is 0.805. The molecule has 19 heavy (non-hydrogen) atoms. The van der Waals surface area contributed by atoms with Crippen molar-refractivity contribution in [1.82, 2.24) is 0 Å². The van der Waals surface area contributed by atoms with E-state index in [0.717, 1.165) is 5.02 Å². The molecule has 2 aromatic rings. The van der Waals surface area contributed by atoms with Crippen LogP contribution in [0.25, 0.3) is 0 Å². The van der Waals surface area contributed by atoms with Crippen molar-refractivity contribution >= 4 is 11.6 Å². The van der Waals surface area contributed by atoms with Crippen molar-refractivity contribution < 1.29 is 0 Å². The Kier molecular flexibility index (Phi) is 4.01. The molecule has 0 saturated heterocycles. The molecule has 0 aliphatic rings. The highest BCUT2D eigenvalue weighted by Crippen LogP contribution is 2.41. The fourth-order valence-electron chi connectivity index (χ4n) is 2.73. The van der Waals surface area contributed by atoms with Crippen LogP contribution in [0.2, 0.25) is 5.02 Å².